The number of halogens is 2. The van der Waals surface area contributed by atoms with Crippen LogP contribution in [0.1, 0.15) is 25.3 Å². The lowest BCUT2D eigenvalue weighted by molar-refractivity contribution is -0.118. The molecule has 2 aliphatic heterocycles. The van der Waals surface area contributed by atoms with Crippen molar-refractivity contribution in [3.8, 4) is 0 Å². The lowest BCUT2D eigenvalue weighted by Gasteiger charge is -2.34. The van der Waals surface area contributed by atoms with Gasteiger partial charge in [-0.15, -0.1) is 0 Å². The summed E-state index contributed by atoms with van der Waals surface area (Å²) in [5.41, 5.74) is 2.51. The highest BCUT2D eigenvalue weighted by molar-refractivity contribution is 6.05. The third kappa shape index (κ3) is 3.32. The molecule has 0 spiro atoms. The van der Waals surface area contributed by atoms with E-state index in [1.807, 2.05) is 13.0 Å². The summed E-state index contributed by atoms with van der Waals surface area (Å²) in [5, 5.41) is 2.83. The number of fused-ring (bicyclic) bond motifs is 2. The van der Waals surface area contributed by atoms with Crippen molar-refractivity contribution in [3.05, 3.63) is 53.6 Å². The molecule has 2 aromatic carbocycles. The van der Waals surface area contributed by atoms with Gasteiger partial charge in [-0.3, -0.25) is 9.59 Å². The van der Waals surface area contributed by atoms with Crippen molar-refractivity contribution in [2.24, 2.45) is 0 Å². The van der Waals surface area contributed by atoms with Crippen molar-refractivity contribution in [1.29, 1.82) is 0 Å². The first kappa shape index (κ1) is 18.4. The zero-order valence-electron chi connectivity index (χ0n) is 15.5. The Labute approximate surface area is 161 Å². The molecule has 0 aromatic heterocycles. The number of aryl methyl sites for hydroxylation is 1. The summed E-state index contributed by atoms with van der Waals surface area (Å²) in [6.45, 7) is 2.45. The van der Waals surface area contributed by atoms with Crippen LogP contribution in [0.3, 0.4) is 0 Å². The average molecular weight is 385 g/mol. The van der Waals surface area contributed by atoms with E-state index < -0.39 is 11.6 Å². The lowest BCUT2D eigenvalue weighted by atomic mass is 10.0. The molecule has 4 rings (SSSR count). The highest BCUT2D eigenvalue weighted by Gasteiger charge is 2.31. The smallest absolute Gasteiger partial charge is 0.246 e. The summed E-state index contributed by atoms with van der Waals surface area (Å²) >= 11 is 0. The predicted molar refractivity (Wildman–Crippen MR) is 104 cm³/mol. The predicted octanol–water partition coefficient (Wildman–Crippen LogP) is 3.48. The van der Waals surface area contributed by atoms with E-state index in [-0.39, 0.29) is 30.8 Å². The molecule has 0 saturated heterocycles. The molecule has 28 heavy (non-hydrogen) atoms. The number of anilines is 3. The molecule has 0 radical (unpaired) electrons. The minimum Gasteiger partial charge on any atom is -0.362 e. The standard InChI is InChI=1S/C21H21F2N3O2/c1-13-9-20(27)24-17-6-2-3-7-18(17)26(13)21(28)12-25-8-4-5-14-10-15(22)16(23)11-19(14)25/h2-3,6-7,10-11,13H,4-5,8-9,12H2,1H3,(H,24,27). The van der Waals surface area contributed by atoms with Crippen LogP contribution >= 0.6 is 0 Å². The number of hydrogen-bond donors (Lipinski definition) is 1. The molecule has 0 fully saturated rings. The minimum absolute atomic E-state index is 0.0327. The Balaban J connectivity index is 1.64. The van der Waals surface area contributed by atoms with Crippen molar-refractivity contribution in [1.82, 2.24) is 0 Å². The minimum atomic E-state index is -0.915. The third-order valence-corrected chi connectivity index (χ3v) is 5.29. The monoisotopic (exact) mass is 385 g/mol. The lowest BCUT2D eigenvalue weighted by Crippen LogP contribution is -2.46. The first-order valence-corrected chi connectivity index (χ1v) is 9.38. The highest BCUT2D eigenvalue weighted by Crippen LogP contribution is 2.33. The number of carbonyl (C=O) groups is 2. The largest absolute Gasteiger partial charge is 0.362 e. The summed E-state index contributed by atoms with van der Waals surface area (Å²) < 4.78 is 27.4. The first-order valence-electron chi connectivity index (χ1n) is 9.38. The number of nitrogens with one attached hydrogen (secondary N) is 1. The van der Waals surface area contributed by atoms with Crippen LogP contribution in [-0.2, 0) is 16.0 Å². The molecular weight excluding hydrogens is 364 g/mol. The number of amides is 2. The first-order chi connectivity index (χ1) is 13.4. The second-order valence-electron chi connectivity index (χ2n) is 7.30. The molecule has 7 heteroatoms. The number of rotatable bonds is 2. The van der Waals surface area contributed by atoms with Crippen molar-refractivity contribution in [2.75, 3.05) is 28.2 Å². The van der Waals surface area contributed by atoms with Gasteiger partial charge in [0.1, 0.15) is 0 Å². The molecule has 0 bridgehead atoms. The Morgan fingerprint density at radius 3 is 2.75 bits per heavy atom. The van der Waals surface area contributed by atoms with E-state index in [1.54, 1.807) is 28.0 Å². The number of benzene rings is 2. The van der Waals surface area contributed by atoms with Gasteiger partial charge in [-0.1, -0.05) is 12.1 Å². The zero-order chi connectivity index (χ0) is 19.8. The number of para-hydroxylation sites is 2. The van der Waals surface area contributed by atoms with Gasteiger partial charge in [0.2, 0.25) is 11.8 Å². The quantitative estimate of drug-likeness (QED) is 0.861. The van der Waals surface area contributed by atoms with Gasteiger partial charge in [0.05, 0.1) is 17.9 Å². The van der Waals surface area contributed by atoms with Gasteiger partial charge in [-0.2, -0.15) is 0 Å². The van der Waals surface area contributed by atoms with E-state index in [9.17, 15) is 18.4 Å². The van der Waals surface area contributed by atoms with Crippen LogP contribution in [0.15, 0.2) is 36.4 Å². The topological polar surface area (TPSA) is 52.7 Å². The van der Waals surface area contributed by atoms with Crippen LogP contribution in [0.2, 0.25) is 0 Å². The SMILES string of the molecule is CC1CC(=O)Nc2ccccc2N1C(=O)CN1CCCc2cc(F)c(F)cc21. The van der Waals surface area contributed by atoms with Crippen LogP contribution in [0.4, 0.5) is 25.8 Å². The van der Waals surface area contributed by atoms with E-state index >= 15 is 0 Å². The molecule has 0 saturated carbocycles. The maximum atomic E-state index is 13.8. The second kappa shape index (κ2) is 7.22. The molecule has 2 aromatic rings. The fourth-order valence-electron chi connectivity index (χ4n) is 4.02. The van der Waals surface area contributed by atoms with E-state index in [4.69, 9.17) is 0 Å². The molecule has 146 valence electrons. The number of nitrogens with zero attached hydrogens (tertiary/aromatic N) is 2. The average Bonchev–Trinajstić information content (AvgIpc) is 2.77. The molecule has 5 nitrogen and oxygen atoms in total. The van der Waals surface area contributed by atoms with Gasteiger partial charge in [-0.25, -0.2) is 8.78 Å². The van der Waals surface area contributed by atoms with Gasteiger partial charge in [-0.05, 0) is 43.5 Å². The Hall–Kier alpha value is -2.96. The molecule has 1 unspecified atom stereocenters. The summed E-state index contributed by atoms with van der Waals surface area (Å²) in [5.74, 6) is -2.11. The van der Waals surface area contributed by atoms with Gasteiger partial charge in [0, 0.05) is 30.8 Å². The second-order valence-corrected chi connectivity index (χ2v) is 7.30. The van der Waals surface area contributed by atoms with Crippen molar-refractivity contribution >= 4 is 28.9 Å². The van der Waals surface area contributed by atoms with Gasteiger partial charge in [0.25, 0.3) is 0 Å². The van der Waals surface area contributed by atoms with Crippen molar-refractivity contribution < 1.29 is 18.4 Å². The fraction of sp³-hybridized carbons (Fsp3) is 0.333. The van der Waals surface area contributed by atoms with Crippen LogP contribution in [0, 0.1) is 11.6 Å². The Morgan fingerprint density at radius 2 is 1.93 bits per heavy atom. The maximum Gasteiger partial charge on any atom is 0.246 e. The van der Waals surface area contributed by atoms with Gasteiger partial charge in [0.15, 0.2) is 11.6 Å². The number of carbonyl (C=O) groups excluding carboxylic acids is 2. The molecule has 2 aliphatic rings. The summed E-state index contributed by atoms with van der Waals surface area (Å²) in [6, 6.07) is 9.25. The summed E-state index contributed by atoms with van der Waals surface area (Å²) in [6.07, 6.45) is 1.60. The summed E-state index contributed by atoms with van der Waals surface area (Å²) in [4.78, 5) is 28.8. The van der Waals surface area contributed by atoms with Crippen LogP contribution in [0.5, 0.6) is 0 Å². The fourth-order valence-corrected chi connectivity index (χ4v) is 4.02. The zero-order valence-corrected chi connectivity index (χ0v) is 15.5. The Kier molecular flexibility index (Phi) is 4.75. The molecule has 0 aliphatic carbocycles. The third-order valence-electron chi connectivity index (χ3n) is 5.29. The van der Waals surface area contributed by atoms with E-state index in [1.165, 1.54) is 12.1 Å². The van der Waals surface area contributed by atoms with Gasteiger partial charge >= 0.3 is 0 Å². The van der Waals surface area contributed by atoms with Crippen LogP contribution < -0.4 is 15.1 Å². The highest BCUT2D eigenvalue weighted by atomic mass is 19.2. The van der Waals surface area contributed by atoms with Crippen LogP contribution in [0.25, 0.3) is 0 Å². The summed E-state index contributed by atoms with van der Waals surface area (Å²) in [7, 11) is 0. The normalized spacial score (nSPS) is 18.8. The number of hydrogen-bond acceptors (Lipinski definition) is 3. The molecule has 1 N–H and O–H groups in total. The van der Waals surface area contributed by atoms with E-state index in [0.717, 1.165) is 6.42 Å². The Morgan fingerprint density at radius 1 is 1.18 bits per heavy atom. The van der Waals surface area contributed by atoms with Crippen molar-refractivity contribution in [3.63, 3.8) is 0 Å². The maximum absolute atomic E-state index is 13.8. The van der Waals surface area contributed by atoms with Gasteiger partial charge < -0.3 is 15.1 Å². The Bertz CT molecular complexity index is 947. The van der Waals surface area contributed by atoms with E-state index in [2.05, 4.69) is 5.32 Å². The van der Waals surface area contributed by atoms with Crippen LogP contribution in [-0.4, -0.2) is 30.9 Å². The molecule has 2 amide bonds. The van der Waals surface area contributed by atoms with Crippen molar-refractivity contribution in [2.45, 2.75) is 32.2 Å². The molecular formula is C21H21F2N3O2. The van der Waals surface area contributed by atoms with E-state index in [0.29, 0.717) is 35.6 Å². The molecule has 1 atom stereocenters. The molecule has 2 heterocycles.